The lowest BCUT2D eigenvalue weighted by atomic mass is 10.1. The average Bonchev–Trinajstić information content (AvgIpc) is 2.65. The van der Waals surface area contributed by atoms with Crippen LogP contribution in [0.4, 0.5) is 21.8 Å². The molecular formula is C19H18ClFN4O. The maximum Gasteiger partial charge on any atom is 0.225 e. The molecule has 0 spiro atoms. The smallest absolute Gasteiger partial charge is 0.225 e. The molecular weight excluding hydrogens is 355 g/mol. The number of aliphatic hydroxyl groups excluding tert-OH is 1. The summed E-state index contributed by atoms with van der Waals surface area (Å²) in [6.07, 6.45) is 0.589. The highest BCUT2D eigenvalue weighted by Gasteiger charge is 2.09. The Morgan fingerprint density at radius 1 is 1.04 bits per heavy atom. The molecule has 2 aromatic carbocycles. The van der Waals surface area contributed by atoms with Gasteiger partial charge in [-0.05, 0) is 24.6 Å². The molecule has 0 atom stereocenters. The fraction of sp³-hybridized carbons (Fsp3) is 0.158. The number of anilines is 3. The van der Waals surface area contributed by atoms with Crippen LogP contribution in [-0.2, 0) is 0 Å². The molecule has 1 aromatic heterocycles. The zero-order valence-corrected chi connectivity index (χ0v) is 14.7. The SMILES string of the molecule is OCCCNc1nc(Nc2ccc(F)cc2Cl)cc(-c2ccccc2)n1. The van der Waals surface area contributed by atoms with Crippen molar-refractivity contribution in [2.24, 2.45) is 0 Å². The van der Waals surface area contributed by atoms with Crippen molar-refractivity contribution in [2.45, 2.75) is 6.42 Å². The minimum atomic E-state index is -0.403. The number of aromatic nitrogens is 2. The van der Waals surface area contributed by atoms with E-state index in [4.69, 9.17) is 16.7 Å². The van der Waals surface area contributed by atoms with Crippen LogP contribution in [0.5, 0.6) is 0 Å². The van der Waals surface area contributed by atoms with Gasteiger partial charge in [-0.2, -0.15) is 4.98 Å². The highest BCUT2D eigenvalue weighted by molar-refractivity contribution is 6.33. The Balaban J connectivity index is 1.93. The summed E-state index contributed by atoms with van der Waals surface area (Å²) in [7, 11) is 0. The predicted molar refractivity (Wildman–Crippen MR) is 102 cm³/mol. The molecule has 3 N–H and O–H groups in total. The van der Waals surface area contributed by atoms with Crippen LogP contribution >= 0.6 is 11.6 Å². The second kappa shape index (κ2) is 8.60. The first-order valence-electron chi connectivity index (χ1n) is 8.17. The van der Waals surface area contributed by atoms with Crippen molar-refractivity contribution in [3.63, 3.8) is 0 Å². The molecule has 0 fully saturated rings. The first kappa shape index (κ1) is 18.1. The van der Waals surface area contributed by atoms with E-state index in [0.29, 0.717) is 30.4 Å². The number of halogens is 2. The van der Waals surface area contributed by atoms with E-state index in [1.54, 1.807) is 12.1 Å². The normalized spacial score (nSPS) is 10.6. The zero-order valence-electron chi connectivity index (χ0n) is 13.9. The van der Waals surface area contributed by atoms with Crippen LogP contribution in [0.1, 0.15) is 6.42 Å². The third-order valence-electron chi connectivity index (χ3n) is 3.61. The van der Waals surface area contributed by atoms with Crippen molar-refractivity contribution in [3.05, 3.63) is 65.4 Å². The Kier molecular flexibility index (Phi) is 5.99. The van der Waals surface area contributed by atoms with Gasteiger partial charge in [-0.1, -0.05) is 41.9 Å². The topological polar surface area (TPSA) is 70.1 Å². The molecule has 0 aliphatic rings. The number of nitrogens with one attached hydrogen (secondary N) is 2. The first-order valence-corrected chi connectivity index (χ1v) is 8.55. The fourth-order valence-corrected chi connectivity index (χ4v) is 2.57. The number of hydrogen-bond donors (Lipinski definition) is 3. The largest absolute Gasteiger partial charge is 0.396 e. The minimum absolute atomic E-state index is 0.0850. The van der Waals surface area contributed by atoms with Gasteiger partial charge in [0.05, 0.1) is 16.4 Å². The van der Waals surface area contributed by atoms with Crippen molar-refractivity contribution in [3.8, 4) is 11.3 Å². The lowest BCUT2D eigenvalue weighted by molar-refractivity contribution is 0.292. The van der Waals surface area contributed by atoms with Crippen LogP contribution in [-0.4, -0.2) is 28.2 Å². The molecule has 0 unspecified atom stereocenters. The lowest BCUT2D eigenvalue weighted by Crippen LogP contribution is -2.08. The molecule has 0 saturated heterocycles. The van der Waals surface area contributed by atoms with Gasteiger partial charge in [0.1, 0.15) is 11.6 Å². The van der Waals surface area contributed by atoms with Crippen LogP contribution < -0.4 is 10.6 Å². The number of rotatable bonds is 7. The molecule has 3 rings (SSSR count). The Labute approximate surface area is 155 Å². The third-order valence-corrected chi connectivity index (χ3v) is 3.92. The molecule has 5 nitrogen and oxygen atoms in total. The van der Waals surface area contributed by atoms with E-state index >= 15 is 0 Å². The molecule has 0 amide bonds. The van der Waals surface area contributed by atoms with Crippen LogP contribution in [0.15, 0.2) is 54.6 Å². The number of nitrogens with zero attached hydrogens (tertiary/aromatic N) is 2. The summed E-state index contributed by atoms with van der Waals surface area (Å²) >= 11 is 6.09. The highest BCUT2D eigenvalue weighted by Crippen LogP contribution is 2.28. The quantitative estimate of drug-likeness (QED) is 0.534. The molecule has 1 heterocycles. The van der Waals surface area contributed by atoms with Gasteiger partial charge in [0.15, 0.2) is 0 Å². The number of benzene rings is 2. The monoisotopic (exact) mass is 372 g/mol. The summed E-state index contributed by atoms with van der Waals surface area (Å²) in [4.78, 5) is 8.94. The summed E-state index contributed by atoms with van der Waals surface area (Å²) in [5.74, 6) is 0.555. The summed E-state index contributed by atoms with van der Waals surface area (Å²) in [6, 6.07) is 15.6. The highest BCUT2D eigenvalue weighted by atomic mass is 35.5. The van der Waals surface area contributed by atoms with Crippen molar-refractivity contribution < 1.29 is 9.50 Å². The van der Waals surface area contributed by atoms with Gasteiger partial charge in [-0.3, -0.25) is 0 Å². The standard InChI is InChI=1S/C19H18ClFN4O/c20-15-11-14(21)7-8-16(15)23-18-12-17(13-5-2-1-3-6-13)24-19(25-18)22-9-4-10-26/h1-3,5-8,11-12,26H,4,9-10H2,(H2,22,23,24,25). The van der Waals surface area contributed by atoms with Crippen molar-refractivity contribution in [1.82, 2.24) is 9.97 Å². The van der Waals surface area contributed by atoms with E-state index in [-0.39, 0.29) is 11.6 Å². The van der Waals surface area contributed by atoms with E-state index in [0.717, 1.165) is 11.3 Å². The maximum atomic E-state index is 13.2. The summed E-state index contributed by atoms with van der Waals surface area (Å²) in [6.45, 7) is 0.632. The Morgan fingerprint density at radius 2 is 1.85 bits per heavy atom. The minimum Gasteiger partial charge on any atom is -0.396 e. The summed E-state index contributed by atoms with van der Waals surface area (Å²) in [5, 5.41) is 15.4. The molecule has 0 aliphatic heterocycles. The van der Waals surface area contributed by atoms with Crippen LogP contribution in [0.3, 0.4) is 0 Å². The van der Waals surface area contributed by atoms with Gasteiger partial charge in [0.2, 0.25) is 5.95 Å². The predicted octanol–water partition coefficient (Wildman–Crippen LogP) is 4.47. The molecule has 134 valence electrons. The van der Waals surface area contributed by atoms with Gasteiger partial charge >= 0.3 is 0 Å². The van der Waals surface area contributed by atoms with Gasteiger partial charge in [-0.15, -0.1) is 0 Å². The molecule has 0 aliphatic carbocycles. The molecule has 0 radical (unpaired) electrons. The molecule has 0 saturated carbocycles. The van der Waals surface area contributed by atoms with Crippen LogP contribution in [0.2, 0.25) is 5.02 Å². The lowest BCUT2D eigenvalue weighted by Gasteiger charge is -2.12. The van der Waals surface area contributed by atoms with E-state index in [2.05, 4.69) is 20.6 Å². The van der Waals surface area contributed by atoms with Gasteiger partial charge in [-0.25, -0.2) is 9.37 Å². The maximum absolute atomic E-state index is 13.2. The Morgan fingerprint density at radius 3 is 2.58 bits per heavy atom. The van der Waals surface area contributed by atoms with Gasteiger partial charge in [0, 0.05) is 24.8 Å². The van der Waals surface area contributed by atoms with Gasteiger partial charge in [0.25, 0.3) is 0 Å². The fourth-order valence-electron chi connectivity index (χ4n) is 2.36. The summed E-state index contributed by atoms with van der Waals surface area (Å²) < 4.78 is 13.2. The number of hydrogen-bond acceptors (Lipinski definition) is 5. The molecule has 26 heavy (non-hydrogen) atoms. The molecule has 3 aromatic rings. The van der Waals surface area contributed by atoms with Crippen LogP contribution in [0.25, 0.3) is 11.3 Å². The Bertz CT molecular complexity index is 877. The third kappa shape index (κ3) is 4.68. The van der Waals surface area contributed by atoms with Gasteiger partial charge < -0.3 is 15.7 Å². The van der Waals surface area contributed by atoms with Crippen LogP contribution in [0, 0.1) is 5.82 Å². The molecule has 7 heteroatoms. The van der Waals surface area contributed by atoms with E-state index in [1.165, 1.54) is 12.1 Å². The van der Waals surface area contributed by atoms with E-state index in [1.807, 2.05) is 30.3 Å². The molecule has 0 bridgehead atoms. The van der Waals surface area contributed by atoms with Crippen molar-refractivity contribution in [2.75, 3.05) is 23.8 Å². The Hall–Kier alpha value is -2.70. The van der Waals surface area contributed by atoms with E-state index < -0.39 is 5.82 Å². The first-order chi connectivity index (χ1) is 12.7. The summed E-state index contributed by atoms with van der Waals surface area (Å²) in [5.41, 5.74) is 2.22. The second-order valence-electron chi connectivity index (χ2n) is 5.58. The zero-order chi connectivity index (χ0) is 18.4. The average molecular weight is 373 g/mol. The van der Waals surface area contributed by atoms with Crippen molar-refractivity contribution >= 4 is 29.1 Å². The van der Waals surface area contributed by atoms with Crippen molar-refractivity contribution in [1.29, 1.82) is 0 Å². The number of aliphatic hydroxyl groups is 1. The van der Waals surface area contributed by atoms with E-state index in [9.17, 15) is 4.39 Å². The second-order valence-corrected chi connectivity index (χ2v) is 5.99.